The zero-order valence-electron chi connectivity index (χ0n) is 17.8. The minimum atomic E-state index is -0.664. The lowest BCUT2D eigenvalue weighted by molar-refractivity contribution is -0.140. The van der Waals surface area contributed by atoms with Crippen LogP contribution in [0, 0.1) is 11.3 Å². The van der Waals surface area contributed by atoms with Gasteiger partial charge in [-0.05, 0) is 56.2 Å². The predicted octanol–water partition coefficient (Wildman–Crippen LogP) is 3.10. The quantitative estimate of drug-likeness (QED) is 0.404. The first-order chi connectivity index (χ1) is 15.4. The fourth-order valence-electron chi connectivity index (χ4n) is 3.27. The first kappa shape index (κ1) is 22.7. The molecule has 3 rings (SSSR count). The Morgan fingerprint density at radius 3 is 2.53 bits per heavy atom. The summed E-state index contributed by atoms with van der Waals surface area (Å²) in [6.45, 7) is 3.40. The molecule has 8 heteroatoms. The van der Waals surface area contributed by atoms with E-state index < -0.39 is 17.8 Å². The van der Waals surface area contributed by atoms with E-state index in [9.17, 15) is 19.6 Å². The Morgan fingerprint density at radius 1 is 1.19 bits per heavy atom. The fourth-order valence-corrected chi connectivity index (χ4v) is 3.27. The van der Waals surface area contributed by atoms with E-state index in [4.69, 9.17) is 14.3 Å². The van der Waals surface area contributed by atoms with Crippen molar-refractivity contribution in [2.75, 3.05) is 19.8 Å². The molecule has 0 saturated carbocycles. The van der Waals surface area contributed by atoms with Crippen molar-refractivity contribution < 1.29 is 28.6 Å². The van der Waals surface area contributed by atoms with E-state index in [0.717, 1.165) is 10.5 Å². The average Bonchev–Trinajstić information content (AvgIpc) is 3.26. The van der Waals surface area contributed by atoms with E-state index in [0.29, 0.717) is 23.7 Å². The molecule has 0 unspecified atom stereocenters. The SMILES string of the molecule is CCOC(=O)c1ccc(-c2ccc(/C=C3\C(=O)N(CCCO)C(=O)C(C#N)=C3C)o2)cc1. The van der Waals surface area contributed by atoms with Crippen LogP contribution in [0.4, 0.5) is 0 Å². The number of furan rings is 1. The summed E-state index contributed by atoms with van der Waals surface area (Å²) in [4.78, 5) is 38.1. The molecule has 2 heterocycles. The lowest BCUT2D eigenvalue weighted by Gasteiger charge is -2.27. The van der Waals surface area contributed by atoms with Crippen LogP contribution in [-0.2, 0) is 14.3 Å². The molecule has 0 aliphatic carbocycles. The number of aliphatic hydroxyl groups excluding tert-OH is 1. The van der Waals surface area contributed by atoms with E-state index >= 15 is 0 Å². The third kappa shape index (κ3) is 4.53. The number of aliphatic hydroxyl groups is 1. The van der Waals surface area contributed by atoms with Gasteiger partial charge >= 0.3 is 5.97 Å². The van der Waals surface area contributed by atoms with E-state index in [1.807, 2.05) is 6.07 Å². The monoisotopic (exact) mass is 434 g/mol. The highest BCUT2D eigenvalue weighted by Crippen LogP contribution is 2.29. The lowest BCUT2D eigenvalue weighted by Crippen LogP contribution is -2.43. The summed E-state index contributed by atoms with van der Waals surface area (Å²) in [5, 5.41) is 18.4. The van der Waals surface area contributed by atoms with Gasteiger partial charge in [-0.15, -0.1) is 0 Å². The Hall–Kier alpha value is -3.96. The number of nitrogens with zero attached hydrogens (tertiary/aromatic N) is 2. The molecule has 1 aliphatic rings. The minimum absolute atomic E-state index is 0.0141. The van der Waals surface area contributed by atoms with Crippen LogP contribution in [0.15, 0.2) is 57.5 Å². The van der Waals surface area contributed by atoms with Gasteiger partial charge < -0.3 is 14.3 Å². The molecule has 0 saturated heterocycles. The molecule has 8 nitrogen and oxygen atoms in total. The number of hydrogen-bond donors (Lipinski definition) is 1. The summed E-state index contributed by atoms with van der Waals surface area (Å²) in [5.41, 5.74) is 1.49. The molecule has 0 atom stereocenters. The largest absolute Gasteiger partial charge is 0.462 e. The van der Waals surface area contributed by atoms with Crippen LogP contribution in [0.25, 0.3) is 17.4 Å². The van der Waals surface area contributed by atoms with Crippen LogP contribution < -0.4 is 0 Å². The summed E-state index contributed by atoms with van der Waals surface area (Å²) in [6, 6.07) is 12.0. The summed E-state index contributed by atoms with van der Waals surface area (Å²) in [6.07, 6.45) is 1.71. The maximum absolute atomic E-state index is 12.9. The Kier molecular flexibility index (Phi) is 7.03. The van der Waals surface area contributed by atoms with E-state index in [1.165, 1.54) is 6.08 Å². The third-order valence-electron chi connectivity index (χ3n) is 4.96. The first-order valence-corrected chi connectivity index (χ1v) is 10.1. The second kappa shape index (κ2) is 9.90. The molecule has 0 fully saturated rings. The zero-order chi connectivity index (χ0) is 23.3. The van der Waals surface area contributed by atoms with Crippen LogP contribution >= 0.6 is 0 Å². The number of carbonyl (C=O) groups is 3. The van der Waals surface area contributed by atoms with Crippen molar-refractivity contribution in [2.45, 2.75) is 20.3 Å². The Balaban J connectivity index is 1.91. The number of benzene rings is 1. The number of carbonyl (C=O) groups excluding carboxylic acids is 3. The van der Waals surface area contributed by atoms with Gasteiger partial charge in [0.15, 0.2) is 0 Å². The molecule has 0 radical (unpaired) electrons. The molecule has 1 aromatic carbocycles. The molecular weight excluding hydrogens is 412 g/mol. The molecule has 1 aromatic heterocycles. The fraction of sp³-hybridized carbons (Fsp3) is 0.250. The van der Waals surface area contributed by atoms with Crippen LogP contribution in [-0.4, -0.2) is 47.5 Å². The predicted molar refractivity (Wildman–Crippen MR) is 115 cm³/mol. The van der Waals surface area contributed by atoms with Gasteiger partial charge in [-0.25, -0.2) is 4.79 Å². The van der Waals surface area contributed by atoms with Crippen molar-refractivity contribution in [3.63, 3.8) is 0 Å². The summed E-state index contributed by atoms with van der Waals surface area (Å²) in [5.74, 6) is -0.730. The number of imide groups is 1. The Labute approximate surface area is 185 Å². The Morgan fingerprint density at radius 2 is 1.91 bits per heavy atom. The van der Waals surface area contributed by atoms with Crippen molar-refractivity contribution in [3.8, 4) is 17.4 Å². The third-order valence-corrected chi connectivity index (χ3v) is 4.96. The van der Waals surface area contributed by atoms with Gasteiger partial charge in [0.2, 0.25) is 0 Å². The van der Waals surface area contributed by atoms with Crippen LogP contribution in [0.1, 0.15) is 36.4 Å². The van der Waals surface area contributed by atoms with Gasteiger partial charge in [0, 0.05) is 24.3 Å². The summed E-state index contributed by atoms with van der Waals surface area (Å²) < 4.78 is 10.8. The number of esters is 1. The molecule has 1 aliphatic heterocycles. The highest BCUT2D eigenvalue weighted by molar-refractivity contribution is 6.19. The normalized spacial score (nSPS) is 15.3. The van der Waals surface area contributed by atoms with Crippen molar-refractivity contribution >= 4 is 23.9 Å². The van der Waals surface area contributed by atoms with E-state index in [1.54, 1.807) is 50.2 Å². The highest BCUT2D eigenvalue weighted by atomic mass is 16.5. The molecule has 0 spiro atoms. The van der Waals surface area contributed by atoms with E-state index in [-0.39, 0.29) is 36.3 Å². The maximum atomic E-state index is 12.9. The molecule has 2 aromatic rings. The molecular formula is C24H22N2O6. The summed E-state index contributed by atoms with van der Waals surface area (Å²) in [7, 11) is 0. The van der Waals surface area contributed by atoms with Crippen LogP contribution in [0.2, 0.25) is 0 Å². The lowest BCUT2D eigenvalue weighted by atomic mass is 9.94. The topological polar surface area (TPSA) is 121 Å². The second-order valence-electron chi connectivity index (χ2n) is 7.01. The standard InChI is InChI=1S/C24H22N2O6/c1-3-31-24(30)17-7-5-16(6-8-17)21-10-9-18(32-21)13-19-15(2)20(14-25)23(29)26(22(19)28)11-4-12-27/h5-10,13,27H,3-4,11-12H2,1-2H3/b19-13-. The van der Waals surface area contributed by atoms with Gasteiger partial charge in [-0.1, -0.05) is 12.1 Å². The van der Waals surface area contributed by atoms with Gasteiger partial charge in [0.1, 0.15) is 23.2 Å². The van der Waals surface area contributed by atoms with Gasteiger partial charge in [0.05, 0.1) is 12.2 Å². The molecule has 0 bridgehead atoms. The summed E-state index contributed by atoms with van der Waals surface area (Å²) >= 11 is 0. The second-order valence-corrected chi connectivity index (χ2v) is 7.01. The Bertz CT molecular complexity index is 1150. The molecule has 2 amide bonds. The number of hydrogen-bond acceptors (Lipinski definition) is 7. The molecule has 1 N–H and O–H groups in total. The van der Waals surface area contributed by atoms with Gasteiger partial charge in [-0.2, -0.15) is 5.26 Å². The molecule has 164 valence electrons. The highest BCUT2D eigenvalue weighted by Gasteiger charge is 2.35. The minimum Gasteiger partial charge on any atom is -0.462 e. The van der Waals surface area contributed by atoms with E-state index in [2.05, 4.69) is 0 Å². The van der Waals surface area contributed by atoms with Crippen molar-refractivity contribution in [1.29, 1.82) is 5.26 Å². The average molecular weight is 434 g/mol. The van der Waals surface area contributed by atoms with Gasteiger partial charge in [-0.3, -0.25) is 14.5 Å². The van der Waals surface area contributed by atoms with Gasteiger partial charge in [0.25, 0.3) is 11.8 Å². The van der Waals surface area contributed by atoms with Crippen LogP contribution in [0.3, 0.4) is 0 Å². The van der Waals surface area contributed by atoms with Crippen molar-refractivity contribution in [1.82, 2.24) is 4.90 Å². The number of ether oxygens (including phenoxy) is 1. The van der Waals surface area contributed by atoms with Crippen LogP contribution in [0.5, 0.6) is 0 Å². The number of rotatable bonds is 7. The zero-order valence-corrected chi connectivity index (χ0v) is 17.8. The number of nitriles is 1. The smallest absolute Gasteiger partial charge is 0.338 e. The first-order valence-electron chi connectivity index (χ1n) is 10.1. The van der Waals surface area contributed by atoms with Crippen molar-refractivity contribution in [2.24, 2.45) is 0 Å². The van der Waals surface area contributed by atoms with Crippen molar-refractivity contribution in [3.05, 3.63) is 64.4 Å². The maximum Gasteiger partial charge on any atom is 0.338 e. The molecule has 32 heavy (non-hydrogen) atoms. The number of amides is 2.